The van der Waals surface area contributed by atoms with E-state index in [0.29, 0.717) is 13.2 Å². The lowest BCUT2D eigenvalue weighted by Gasteiger charge is -2.27. The first-order valence-corrected chi connectivity index (χ1v) is 7.62. The Morgan fingerprint density at radius 3 is 2.59 bits per heavy atom. The average molecular weight is 296 g/mol. The highest BCUT2D eigenvalue weighted by Gasteiger charge is 2.34. The number of rotatable bonds is 4. The second-order valence-corrected chi connectivity index (χ2v) is 5.59. The van der Waals surface area contributed by atoms with Crippen molar-refractivity contribution in [1.82, 2.24) is 4.98 Å². The van der Waals surface area contributed by atoms with E-state index in [1.54, 1.807) is 12.4 Å². The van der Waals surface area contributed by atoms with E-state index in [2.05, 4.69) is 4.98 Å². The third-order valence-electron chi connectivity index (χ3n) is 4.12. The van der Waals surface area contributed by atoms with Crippen LogP contribution in [0.5, 0.6) is 0 Å². The molecule has 1 aliphatic rings. The minimum Gasteiger partial charge on any atom is -0.378 e. The summed E-state index contributed by atoms with van der Waals surface area (Å²) in [6, 6.07) is 13.8. The second-order valence-electron chi connectivity index (χ2n) is 5.59. The van der Waals surface area contributed by atoms with Crippen LogP contribution in [0.1, 0.15) is 18.9 Å². The molecule has 0 unspecified atom stereocenters. The summed E-state index contributed by atoms with van der Waals surface area (Å²) in [5.74, 6) is 0.0527. The van der Waals surface area contributed by atoms with E-state index in [1.807, 2.05) is 54.3 Å². The molecule has 1 saturated heterocycles. The summed E-state index contributed by atoms with van der Waals surface area (Å²) in [5, 5.41) is 0. The molecule has 4 nitrogen and oxygen atoms in total. The Labute approximate surface area is 130 Å². The van der Waals surface area contributed by atoms with E-state index >= 15 is 0 Å². The number of pyridine rings is 1. The fourth-order valence-corrected chi connectivity index (χ4v) is 2.84. The molecular weight excluding hydrogens is 276 g/mol. The van der Waals surface area contributed by atoms with Gasteiger partial charge in [0, 0.05) is 24.7 Å². The Morgan fingerprint density at radius 2 is 1.95 bits per heavy atom. The normalized spacial score (nSPS) is 20.8. The van der Waals surface area contributed by atoms with Crippen LogP contribution in [0.4, 0.5) is 5.69 Å². The van der Waals surface area contributed by atoms with Gasteiger partial charge in [0.2, 0.25) is 5.91 Å². The predicted molar refractivity (Wildman–Crippen MR) is 85.4 cm³/mol. The quantitative estimate of drug-likeness (QED) is 0.871. The Kier molecular flexibility index (Phi) is 4.49. The largest absolute Gasteiger partial charge is 0.378 e. The number of carbonyl (C=O) groups is 1. The highest BCUT2D eigenvalue weighted by Crippen LogP contribution is 2.26. The van der Waals surface area contributed by atoms with Crippen molar-refractivity contribution in [2.45, 2.75) is 26.0 Å². The molecule has 0 saturated carbocycles. The fourth-order valence-electron chi connectivity index (χ4n) is 2.84. The van der Waals surface area contributed by atoms with Crippen LogP contribution in [-0.4, -0.2) is 23.6 Å². The van der Waals surface area contributed by atoms with Crippen molar-refractivity contribution in [2.24, 2.45) is 5.92 Å². The monoisotopic (exact) mass is 296 g/mol. The molecule has 1 aliphatic heterocycles. The Hall–Kier alpha value is -2.20. The third-order valence-corrected chi connectivity index (χ3v) is 4.12. The molecule has 3 rings (SSSR count). The van der Waals surface area contributed by atoms with Gasteiger partial charge in [-0.05, 0) is 31.0 Å². The van der Waals surface area contributed by atoms with Crippen LogP contribution in [0.3, 0.4) is 0 Å². The van der Waals surface area contributed by atoms with Crippen LogP contribution < -0.4 is 4.90 Å². The van der Waals surface area contributed by atoms with E-state index in [0.717, 1.165) is 17.7 Å². The van der Waals surface area contributed by atoms with Gasteiger partial charge in [0.15, 0.2) is 0 Å². The minimum absolute atomic E-state index is 0.0207. The lowest BCUT2D eigenvalue weighted by atomic mass is 10.00. The first-order chi connectivity index (χ1) is 10.8. The standard InChI is InChI=1S/C18H20N2O2/c1-14-17(9-12-22-14)18(21)20(16-7-10-19-11-8-16)13-15-5-3-2-4-6-15/h2-8,10-11,14,17H,9,12-13H2,1H3/t14-,17-/m1/s1. The number of aromatic nitrogens is 1. The van der Waals surface area contributed by atoms with Gasteiger partial charge in [0.05, 0.1) is 18.6 Å². The Morgan fingerprint density at radius 1 is 1.23 bits per heavy atom. The lowest BCUT2D eigenvalue weighted by molar-refractivity contribution is -0.123. The number of amides is 1. The van der Waals surface area contributed by atoms with E-state index in [9.17, 15) is 4.79 Å². The Bertz CT molecular complexity index is 615. The number of nitrogens with zero attached hydrogens (tertiary/aromatic N) is 2. The molecule has 2 heterocycles. The third kappa shape index (κ3) is 3.17. The van der Waals surface area contributed by atoms with Crippen LogP contribution in [0.25, 0.3) is 0 Å². The summed E-state index contributed by atoms with van der Waals surface area (Å²) in [5.41, 5.74) is 1.99. The van der Waals surface area contributed by atoms with Gasteiger partial charge in [-0.3, -0.25) is 9.78 Å². The fraction of sp³-hybridized carbons (Fsp3) is 0.333. The molecule has 2 aromatic rings. The second kappa shape index (κ2) is 6.71. The molecule has 0 spiro atoms. The van der Waals surface area contributed by atoms with Crippen molar-refractivity contribution in [2.75, 3.05) is 11.5 Å². The summed E-state index contributed by atoms with van der Waals surface area (Å²) in [4.78, 5) is 18.9. The van der Waals surface area contributed by atoms with Crippen molar-refractivity contribution in [1.29, 1.82) is 0 Å². The van der Waals surface area contributed by atoms with Crippen LogP contribution in [0, 0.1) is 5.92 Å². The number of hydrogen-bond acceptors (Lipinski definition) is 3. The number of benzene rings is 1. The number of ether oxygens (including phenoxy) is 1. The van der Waals surface area contributed by atoms with Gasteiger partial charge in [0.1, 0.15) is 0 Å². The first kappa shape index (κ1) is 14.7. The molecule has 0 radical (unpaired) electrons. The number of anilines is 1. The van der Waals surface area contributed by atoms with Crippen molar-refractivity contribution in [3.05, 3.63) is 60.4 Å². The molecule has 1 amide bonds. The molecule has 1 aromatic carbocycles. The maximum atomic E-state index is 13.0. The van der Waals surface area contributed by atoms with E-state index in [4.69, 9.17) is 4.74 Å². The molecule has 22 heavy (non-hydrogen) atoms. The summed E-state index contributed by atoms with van der Waals surface area (Å²) < 4.78 is 5.56. The van der Waals surface area contributed by atoms with E-state index < -0.39 is 0 Å². The topological polar surface area (TPSA) is 42.4 Å². The summed E-state index contributed by atoms with van der Waals surface area (Å²) in [6.07, 6.45) is 4.20. The van der Waals surface area contributed by atoms with E-state index in [-0.39, 0.29) is 17.9 Å². The van der Waals surface area contributed by atoms with Gasteiger partial charge in [0.25, 0.3) is 0 Å². The van der Waals surface area contributed by atoms with Gasteiger partial charge >= 0.3 is 0 Å². The van der Waals surface area contributed by atoms with Gasteiger partial charge in [-0.1, -0.05) is 30.3 Å². The van der Waals surface area contributed by atoms with Crippen molar-refractivity contribution in [3.8, 4) is 0 Å². The van der Waals surface area contributed by atoms with Crippen molar-refractivity contribution < 1.29 is 9.53 Å². The van der Waals surface area contributed by atoms with Crippen LogP contribution in [-0.2, 0) is 16.1 Å². The molecule has 114 valence electrons. The zero-order valence-corrected chi connectivity index (χ0v) is 12.7. The maximum Gasteiger partial charge on any atom is 0.233 e. The van der Waals surface area contributed by atoms with Gasteiger partial charge in [-0.25, -0.2) is 0 Å². The summed E-state index contributed by atoms with van der Waals surface area (Å²) in [7, 11) is 0. The maximum absolute atomic E-state index is 13.0. The van der Waals surface area contributed by atoms with Crippen LogP contribution in [0.15, 0.2) is 54.9 Å². The number of carbonyl (C=O) groups excluding carboxylic acids is 1. The zero-order chi connectivity index (χ0) is 15.4. The van der Waals surface area contributed by atoms with Gasteiger partial charge in [-0.2, -0.15) is 0 Å². The molecule has 0 aliphatic carbocycles. The van der Waals surface area contributed by atoms with Crippen molar-refractivity contribution >= 4 is 11.6 Å². The Balaban J connectivity index is 1.87. The molecule has 1 aromatic heterocycles. The molecular formula is C18H20N2O2. The van der Waals surface area contributed by atoms with E-state index in [1.165, 1.54) is 0 Å². The molecule has 1 fully saturated rings. The van der Waals surface area contributed by atoms with Gasteiger partial charge in [-0.15, -0.1) is 0 Å². The summed E-state index contributed by atoms with van der Waals surface area (Å²) >= 11 is 0. The molecule has 0 bridgehead atoms. The average Bonchev–Trinajstić information content (AvgIpc) is 3.00. The van der Waals surface area contributed by atoms with Crippen molar-refractivity contribution in [3.63, 3.8) is 0 Å². The smallest absolute Gasteiger partial charge is 0.233 e. The van der Waals surface area contributed by atoms with Crippen LogP contribution >= 0.6 is 0 Å². The summed E-state index contributed by atoms with van der Waals surface area (Å²) in [6.45, 7) is 3.20. The highest BCUT2D eigenvalue weighted by atomic mass is 16.5. The predicted octanol–water partition coefficient (Wildman–Crippen LogP) is 3.04. The van der Waals surface area contributed by atoms with Crippen LogP contribution in [0.2, 0.25) is 0 Å². The minimum atomic E-state index is -0.0723. The lowest BCUT2D eigenvalue weighted by Crippen LogP contribution is -2.38. The SMILES string of the molecule is C[C@H]1OCC[C@H]1C(=O)N(Cc1ccccc1)c1ccncc1. The zero-order valence-electron chi connectivity index (χ0n) is 12.7. The van der Waals surface area contributed by atoms with Gasteiger partial charge < -0.3 is 9.64 Å². The molecule has 2 atom stereocenters. The first-order valence-electron chi connectivity index (χ1n) is 7.62. The molecule has 0 N–H and O–H groups in total. The number of hydrogen-bond donors (Lipinski definition) is 0. The molecule has 4 heteroatoms. The highest BCUT2D eigenvalue weighted by molar-refractivity contribution is 5.95.